The lowest BCUT2D eigenvalue weighted by atomic mass is 9.83. The molecule has 5 aromatic rings. The van der Waals surface area contributed by atoms with Crippen molar-refractivity contribution >= 4 is 22.1 Å². The van der Waals surface area contributed by atoms with E-state index in [1.54, 1.807) is 0 Å². The van der Waals surface area contributed by atoms with Crippen molar-refractivity contribution in [2.45, 2.75) is 33.1 Å². The van der Waals surface area contributed by atoms with Crippen LogP contribution in [0, 0.1) is 13.8 Å². The Balaban J connectivity index is 1.76. The van der Waals surface area contributed by atoms with E-state index in [1.807, 2.05) is 0 Å². The Morgan fingerprint density at radius 1 is 0.903 bits per heavy atom. The molecule has 152 valence electrons. The van der Waals surface area contributed by atoms with Gasteiger partial charge in [-0.1, -0.05) is 44.2 Å². The van der Waals surface area contributed by atoms with Gasteiger partial charge in [-0.3, -0.25) is 4.98 Å². The Bertz CT molecular complexity index is 1540. The van der Waals surface area contributed by atoms with Crippen LogP contribution in [0.15, 0.2) is 65.3 Å². The third-order valence-electron chi connectivity index (χ3n) is 6.96. The summed E-state index contributed by atoms with van der Waals surface area (Å²) in [5, 5.41) is 1.07. The average molecular weight is 406 g/mol. The van der Waals surface area contributed by atoms with Gasteiger partial charge in [0.05, 0.1) is 5.56 Å². The van der Waals surface area contributed by atoms with E-state index in [0.717, 1.165) is 33.3 Å². The molecule has 1 aliphatic rings. The van der Waals surface area contributed by atoms with Crippen LogP contribution in [0.4, 0.5) is 0 Å². The van der Waals surface area contributed by atoms with Crippen LogP contribution in [0.5, 0.6) is 0 Å². The van der Waals surface area contributed by atoms with Gasteiger partial charge < -0.3 is 4.42 Å². The minimum atomic E-state index is -0.0895. The monoisotopic (exact) mass is 405 g/mol. The van der Waals surface area contributed by atoms with Crippen molar-refractivity contribution in [3.8, 4) is 22.4 Å². The number of aromatic nitrogens is 2. The number of fused-ring (bicyclic) bond motifs is 7. The van der Waals surface area contributed by atoms with E-state index >= 15 is 0 Å². The van der Waals surface area contributed by atoms with Gasteiger partial charge >= 0.3 is 0 Å². The second-order valence-corrected chi connectivity index (χ2v) is 9.33. The van der Waals surface area contributed by atoms with Crippen molar-refractivity contribution in [2.75, 3.05) is 0 Å². The standard InChI is InChI=1S/C28H25N2O/c1-16-12-13-30(5)22(14-16)23-17(2)10-11-19-25-27(31-26(19)23)24-18-8-6-7-9-20(18)28(3,4)21(24)15-29-25/h6-15H,1-5H3/q+1. The van der Waals surface area contributed by atoms with Gasteiger partial charge in [0.15, 0.2) is 17.4 Å². The molecule has 0 radical (unpaired) electrons. The fourth-order valence-electron chi connectivity index (χ4n) is 5.23. The highest BCUT2D eigenvalue weighted by Crippen LogP contribution is 2.52. The summed E-state index contributed by atoms with van der Waals surface area (Å²) in [7, 11) is 2.09. The summed E-state index contributed by atoms with van der Waals surface area (Å²) < 4.78 is 8.90. The topological polar surface area (TPSA) is 29.9 Å². The molecule has 0 fully saturated rings. The zero-order valence-corrected chi connectivity index (χ0v) is 18.6. The average Bonchev–Trinajstić information content (AvgIpc) is 3.23. The fraction of sp³-hybridized carbons (Fsp3) is 0.214. The van der Waals surface area contributed by atoms with E-state index < -0.39 is 0 Å². The summed E-state index contributed by atoms with van der Waals surface area (Å²) in [6.07, 6.45) is 4.17. The first-order chi connectivity index (χ1) is 14.9. The molecule has 0 N–H and O–H groups in total. The molecule has 3 aromatic heterocycles. The van der Waals surface area contributed by atoms with E-state index in [4.69, 9.17) is 9.40 Å². The van der Waals surface area contributed by atoms with E-state index in [2.05, 4.69) is 100 Å². The van der Waals surface area contributed by atoms with Gasteiger partial charge in [-0.2, -0.15) is 0 Å². The van der Waals surface area contributed by atoms with Gasteiger partial charge in [0, 0.05) is 34.7 Å². The second-order valence-electron chi connectivity index (χ2n) is 9.33. The van der Waals surface area contributed by atoms with Crippen molar-refractivity contribution in [1.82, 2.24) is 4.98 Å². The molecule has 0 amide bonds. The highest BCUT2D eigenvalue weighted by Gasteiger charge is 2.38. The van der Waals surface area contributed by atoms with E-state index in [9.17, 15) is 0 Å². The van der Waals surface area contributed by atoms with Crippen LogP contribution in [-0.2, 0) is 12.5 Å². The Labute approximate surface area is 182 Å². The molecular formula is C28H25N2O+. The number of hydrogen-bond donors (Lipinski definition) is 0. The number of nitrogens with zero attached hydrogens (tertiary/aromatic N) is 2. The molecule has 0 aliphatic heterocycles. The maximum absolute atomic E-state index is 6.73. The van der Waals surface area contributed by atoms with Crippen molar-refractivity contribution in [3.05, 3.63) is 83.2 Å². The molecule has 1 aliphatic carbocycles. The molecule has 0 saturated carbocycles. The number of furan rings is 1. The molecule has 3 heteroatoms. The van der Waals surface area contributed by atoms with Gasteiger partial charge in [-0.25, -0.2) is 4.57 Å². The number of hydrogen-bond acceptors (Lipinski definition) is 2. The molecule has 0 saturated heterocycles. The zero-order valence-electron chi connectivity index (χ0n) is 18.6. The highest BCUT2D eigenvalue weighted by atomic mass is 16.3. The number of rotatable bonds is 1. The predicted octanol–water partition coefficient (Wildman–Crippen LogP) is 6.40. The highest BCUT2D eigenvalue weighted by molar-refractivity contribution is 6.12. The first-order valence-electron chi connectivity index (χ1n) is 10.8. The van der Waals surface area contributed by atoms with Gasteiger partial charge in [-0.05, 0) is 47.7 Å². The maximum atomic E-state index is 6.73. The van der Waals surface area contributed by atoms with Crippen LogP contribution in [0.1, 0.15) is 36.1 Å². The lowest BCUT2D eigenvalue weighted by molar-refractivity contribution is -0.660. The fourth-order valence-corrected chi connectivity index (χ4v) is 5.23. The molecule has 0 atom stereocenters. The number of aryl methyl sites for hydroxylation is 3. The Morgan fingerprint density at radius 3 is 2.55 bits per heavy atom. The molecule has 3 heterocycles. The predicted molar refractivity (Wildman–Crippen MR) is 125 cm³/mol. The first-order valence-corrected chi connectivity index (χ1v) is 10.8. The lowest BCUT2D eigenvalue weighted by Crippen LogP contribution is -2.30. The smallest absolute Gasteiger partial charge is 0.216 e. The Kier molecular flexibility index (Phi) is 3.57. The van der Waals surface area contributed by atoms with Gasteiger partial charge in [-0.15, -0.1) is 0 Å². The first kappa shape index (κ1) is 18.3. The van der Waals surface area contributed by atoms with E-state index in [0.29, 0.717) is 0 Å². The van der Waals surface area contributed by atoms with Gasteiger partial charge in [0.1, 0.15) is 12.6 Å². The van der Waals surface area contributed by atoms with Gasteiger partial charge in [0.2, 0.25) is 5.69 Å². The van der Waals surface area contributed by atoms with E-state index in [1.165, 1.54) is 33.4 Å². The van der Waals surface area contributed by atoms with Crippen LogP contribution in [0.25, 0.3) is 44.5 Å². The Hall–Kier alpha value is -3.46. The zero-order chi connectivity index (χ0) is 21.5. The summed E-state index contributed by atoms with van der Waals surface area (Å²) in [5.41, 5.74) is 12.4. The van der Waals surface area contributed by atoms with Crippen molar-refractivity contribution < 1.29 is 8.98 Å². The van der Waals surface area contributed by atoms with E-state index in [-0.39, 0.29) is 5.41 Å². The second kappa shape index (κ2) is 6.04. The third kappa shape index (κ3) is 2.35. The van der Waals surface area contributed by atoms with Gasteiger partial charge in [0.25, 0.3) is 0 Å². The molecule has 0 bridgehead atoms. The summed E-state index contributed by atoms with van der Waals surface area (Å²) in [6, 6.07) is 17.4. The van der Waals surface area contributed by atoms with Crippen LogP contribution in [0.2, 0.25) is 0 Å². The summed E-state index contributed by atoms with van der Waals surface area (Å²) >= 11 is 0. The lowest BCUT2D eigenvalue weighted by Gasteiger charge is -2.20. The maximum Gasteiger partial charge on any atom is 0.216 e. The van der Waals surface area contributed by atoms with Crippen LogP contribution >= 0.6 is 0 Å². The summed E-state index contributed by atoms with van der Waals surface area (Å²) in [6.45, 7) is 8.83. The molecule has 2 aromatic carbocycles. The number of benzene rings is 2. The minimum Gasteiger partial charge on any atom is -0.453 e. The van der Waals surface area contributed by atoms with Crippen molar-refractivity contribution in [3.63, 3.8) is 0 Å². The van der Waals surface area contributed by atoms with Crippen LogP contribution in [0.3, 0.4) is 0 Å². The molecule has 3 nitrogen and oxygen atoms in total. The third-order valence-corrected chi connectivity index (χ3v) is 6.96. The van der Waals surface area contributed by atoms with Crippen LogP contribution in [-0.4, -0.2) is 4.98 Å². The summed E-state index contributed by atoms with van der Waals surface area (Å²) in [4.78, 5) is 4.92. The van der Waals surface area contributed by atoms with Crippen molar-refractivity contribution in [2.24, 2.45) is 7.05 Å². The molecule has 31 heavy (non-hydrogen) atoms. The summed E-state index contributed by atoms with van der Waals surface area (Å²) in [5.74, 6) is 0. The SMILES string of the molecule is Cc1cc[n+](C)c(-c2c(C)ccc3c2oc2c4c(cnc23)C(C)(C)c2ccccc2-4)c1. The number of pyridine rings is 2. The molecular weight excluding hydrogens is 380 g/mol. The normalized spacial score (nSPS) is 14.2. The largest absolute Gasteiger partial charge is 0.453 e. The quantitative estimate of drug-likeness (QED) is 0.302. The molecule has 0 spiro atoms. The van der Waals surface area contributed by atoms with Crippen LogP contribution < -0.4 is 4.57 Å². The molecule has 6 rings (SSSR count). The minimum absolute atomic E-state index is 0.0895. The Morgan fingerprint density at radius 2 is 1.71 bits per heavy atom. The van der Waals surface area contributed by atoms with Crippen molar-refractivity contribution in [1.29, 1.82) is 0 Å². The molecule has 0 unspecified atom stereocenters.